The summed E-state index contributed by atoms with van der Waals surface area (Å²) in [6.07, 6.45) is 0. The maximum atomic E-state index is 0. The van der Waals surface area contributed by atoms with Crippen LogP contribution in [-0.4, -0.2) is 0 Å². The van der Waals surface area contributed by atoms with Crippen LogP contribution in [0.2, 0.25) is 0 Å². The van der Waals surface area contributed by atoms with Crippen LogP contribution in [0.5, 0.6) is 0 Å². The Morgan fingerprint density at radius 2 is 0.600 bits per heavy atom. The van der Waals surface area contributed by atoms with Crippen LogP contribution < -0.4 is 18.9 Å². The molecule has 0 aromatic rings. The Labute approximate surface area is 69.8 Å². The molecule has 0 saturated carbocycles. The van der Waals surface area contributed by atoms with E-state index >= 15 is 0 Å². The first kappa shape index (κ1) is 72.5. The van der Waals surface area contributed by atoms with Crippen LogP contribution >= 0.6 is 49.6 Å². The summed E-state index contributed by atoms with van der Waals surface area (Å²) in [6, 6.07) is 0. The van der Waals surface area contributed by atoms with Crippen molar-refractivity contribution in [2.24, 2.45) is 0 Å². The van der Waals surface area contributed by atoms with Gasteiger partial charge in [-0.1, -0.05) is 0 Å². The smallest absolute Gasteiger partial charge is 1.00 e. The van der Waals surface area contributed by atoms with Gasteiger partial charge >= 0.3 is 18.9 Å². The maximum absolute atomic E-state index is 0. The first-order valence-electron chi connectivity index (χ1n) is 0. The Morgan fingerprint density at radius 1 is 0.600 bits per heavy atom. The predicted octanol–water partition coefficient (Wildman–Crippen LogP) is -1.20. The maximum Gasteiger partial charge on any atom is 1.00 e. The molecule has 0 aliphatic heterocycles. The molecular formula is H5Cl4Li. The van der Waals surface area contributed by atoms with Crippen molar-refractivity contribution in [1.29, 1.82) is 0 Å². The van der Waals surface area contributed by atoms with Crippen LogP contribution in [0.15, 0.2) is 0 Å². The fraction of sp³-hybridized carbons (Fsp3) is 0. The zero-order valence-electron chi connectivity index (χ0n) is 3.63. The molecule has 0 heterocycles. The average molecular weight is 154 g/mol. The minimum Gasteiger partial charge on any atom is -1.00 e. The molecule has 5 heteroatoms. The van der Waals surface area contributed by atoms with Crippen molar-refractivity contribution >= 4 is 49.6 Å². The molecule has 34 valence electrons. The molecule has 0 fully saturated rings. The van der Waals surface area contributed by atoms with Gasteiger partial charge in [-0.3, -0.25) is 0 Å². The Balaban J connectivity index is 0. The van der Waals surface area contributed by atoms with Gasteiger partial charge in [-0.2, -0.15) is 0 Å². The second-order valence-electron chi connectivity index (χ2n) is 0. The molecule has 0 aliphatic rings. The summed E-state index contributed by atoms with van der Waals surface area (Å²) >= 11 is 0. The van der Waals surface area contributed by atoms with E-state index in [2.05, 4.69) is 0 Å². The van der Waals surface area contributed by atoms with Crippen molar-refractivity contribution in [3.05, 3.63) is 0 Å². The summed E-state index contributed by atoms with van der Waals surface area (Å²) in [5.41, 5.74) is 0. The molecule has 0 amide bonds. The Hall–Kier alpha value is 1.76. The fourth-order valence-corrected chi connectivity index (χ4v) is 0. The number of halogens is 4. The van der Waals surface area contributed by atoms with Crippen molar-refractivity contribution in [3.8, 4) is 0 Å². The number of hydrogen-bond acceptors (Lipinski definition) is 0. The van der Waals surface area contributed by atoms with Gasteiger partial charge in [-0.25, -0.2) is 0 Å². The van der Waals surface area contributed by atoms with Crippen LogP contribution in [-0.2, 0) is 0 Å². The second kappa shape index (κ2) is 42.2. The average Bonchev–Trinajstić information content (AvgIpc) is 0. The van der Waals surface area contributed by atoms with Gasteiger partial charge in [0.15, 0.2) is 0 Å². The van der Waals surface area contributed by atoms with Crippen LogP contribution in [0.1, 0.15) is 1.43 Å². The van der Waals surface area contributed by atoms with Crippen LogP contribution in [0.25, 0.3) is 0 Å². The molecule has 0 aromatic heterocycles. The summed E-state index contributed by atoms with van der Waals surface area (Å²) < 4.78 is 0. The first-order valence-corrected chi connectivity index (χ1v) is 0. The van der Waals surface area contributed by atoms with Crippen LogP contribution in [0.3, 0.4) is 0 Å². The Kier molecular flexibility index (Phi) is 612. The van der Waals surface area contributed by atoms with Crippen LogP contribution in [0, 0.1) is 0 Å². The van der Waals surface area contributed by atoms with E-state index in [4.69, 9.17) is 0 Å². The molecule has 0 saturated heterocycles. The molecule has 0 radical (unpaired) electrons. The minimum atomic E-state index is 0. The molecule has 0 aliphatic carbocycles. The van der Waals surface area contributed by atoms with E-state index in [1.54, 1.807) is 0 Å². The van der Waals surface area contributed by atoms with Crippen molar-refractivity contribution in [3.63, 3.8) is 0 Å². The van der Waals surface area contributed by atoms with Gasteiger partial charge in [-0.15, -0.1) is 49.6 Å². The van der Waals surface area contributed by atoms with Crippen LogP contribution in [0.4, 0.5) is 0 Å². The van der Waals surface area contributed by atoms with E-state index in [9.17, 15) is 0 Å². The number of hydrogen-bond donors (Lipinski definition) is 0. The standard InChI is InChI=1S/4ClH.Li.H/h4*1H;;/q;;;;+1;-1. The second-order valence-corrected chi connectivity index (χ2v) is 0. The van der Waals surface area contributed by atoms with Crippen molar-refractivity contribution in [2.45, 2.75) is 0 Å². The Morgan fingerprint density at radius 3 is 0.600 bits per heavy atom. The van der Waals surface area contributed by atoms with E-state index in [0.717, 1.165) is 0 Å². The Bertz CT molecular complexity index is 7.51. The summed E-state index contributed by atoms with van der Waals surface area (Å²) in [7, 11) is 0. The molecule has 5 heavy (non-hydrogen) atoms. The molecular weight excluding hydrogens is 149 g/mol. The van der Waals surface area contributed by atoms with Crippen molar-refractivity contribution < 1.29 is 20.3 Å². The first-order chi connectivity index (χ1) is 0. The summed E-state index contributed by atoms with van der Waals surface area (Å²) in [6.45, 7) is 0. The fourth-order valence-electron chi connectivity index (χ4n) is 0. The molecule has 0 nitrogen and oxygen atoms in total. The molecule has 0 aromatic carbocycles. The van der Waals surface area contributed by atoms with E-state index in [0.29, 0.717) is 0 Å². The molecule has 0 N–H and O–H groups in total. The van der Waals surface area contributed by atoms with E-state index in [1.807, 2.05) is 0 Å². The largest absolute Gasteiger partial charge is 1.00 e. The monoisotopic (exact) mass is 152 g/mol. The molecule has 0 unspecified atom stereocenters. The SMILES string of the molecule is Cl.Cl.Cl.Cl.[H-].[Li+]. The van der Waals surface area contributed by atoms with E-state index in [1.165, 1.54) is 0 Å². The normalized spacial score (nSPS) is 0. The molecule has 0 spiro atoms. The van der Waals surface area contributed by atoms with Crippen molar-refractivity contribution in [2.75, 3.05) is 0 Å². The third kappa shape index (κ3) is 26.3. The summed E-state index contributed by atoms with van der Waals surface area (Å²) in [5, 5.41) is 0. The quantitative estimate of drug-likeness (QED) is 0.384. The van der Waals surface area contributed by atoms with Crippen molar-refractivity contribution in [1.82, 2.24) is 0 Å². The molecule has 0 atom stereocenters. The van der Waals surface area contributed by atoms with Gasteiger partial charge in [0.2, 0.25) is 0 Å². The third-order valence-corrected chi connectivity index (χ3v) is 0. The number of rotatable bonds is 0. The van der Waals surface area contributed by atoms with Gasteiger partial charge in [-0.05, 0) is 0 Å². The predicted molar refractivity (Wildman–Crippen MR) is 30.1 cm³/mol. The van der Waals surface area contributed by atoms with Gasteiger partial charge in [0, 0.05) is 0 Å². The van der Waals surface area contributed by atoms with Gasteiger partial charge in [0.05, 0.1) is 0 Å². The third-order valence-electron chi connectivity index (χ3n) is 0. The minimum absolute atomic E-state index is 0. The molecule has 0 bridgehead atoms. The zero-order valence-corrected chi connectivity index (χ0v) is 5.90. The molecule has 0 rings (SSSR count). The summed E-state index contributed by atoms with van der Waals surface area (Å²) in [5.74, 6) is 0. The van der Waals surface area contributed by atoms with E-state index < -0.39 is 0 Å². The van der Waals surface area contributed by atoms with Gasteiger partial charge in [0.25, 0.3) is 0 Å². The van der Waals surface area contributed by atoms with E-state index in [-0.39, 0.29) is 69.9 Å². The zero-order chi connectivity index (χ0) is 0. The summed E-state index contributed by atoms with van der Waals surface area (Å²) in [4.78, 5) is 0. The van der Waals surface area contributed by atoms with Gasteiger partial charge < -0.3 is 1.43 Å². The topological polar surface area (TPSA) is 0 Å². The van der Waals surface area contributed by atoms with Gasteiger partial charge in [0.1, 0.15) is 0 Å².